The minimum atomic E-state index is -0.957. The lowest BCUT2D eigenvalue weighted by molar-refractivity contribution is -0.144. The van der Waals surface area contributed by atoms with Crippen LogP contribution < -0.4 is 26.2 Å². The van der Waals surface area contributed by atoms with Gasteiger partial charge in [-0.2, -0.15) is 5.10 Å². The van der Waals surface area contributed by atoms with Gasteiger partial charge in [0.05, 0.1) is 33.3 Å². The first-order valence-electron chi connectivity index (χ1n) is 26.7. The lowest BCUT2D eigenvalue weighted by Crippen LogP contribution is -2.57. The summed E-state index contributed by atoms with van der Waals surface area (Å²) in [6.45, 7) is 11.0. The molecule has 9 rings (SSSR count). The summed E-state index contributed by atoms with van der Waals surface area (Å²) in [6.07, 6.45) is 2.30. The maximum Gasteiger partial charge on any atom is 0.258 e. The predicted octanol–water partition coefficient (Wildman–Crippen LogP) is 7.73. The van der Waals surface area contributed by atoms with E-state index in [1.165, 1.54) is 17.0 Å². The van der Waals surface area contributed by atoms with Crippen molar-refractivity contribution in [3.8, 4) is 10.4 Å². The number of aromatic amines is 1. The maximum absolute atomic E-state index is 14.2. The SMILES string of the molecule is Cc1ncsc1-c1ccc(CNC(=O)C2CC(O)CN2C(=O)[C@@H](NC(=O)CCCCC(=O)N2CCN(c3ccc(C(=O)Nc4n[nH]c5ccc(Cc6cc(F)cc(F)c6)cc45)c(NC4CCOCC4)c3)CC2)C(C)(C)C)cc1. The number of ether oxygens (including phenoxy) is 1. The lowest BCUT2D eigenvalue weighted by atomic mass is 9.85. The number of hydrogen-bond donors (Lipinski definition) is 6. The number of aliphatic hydroxyl groups excluding tert-OH is 1. The van der Waals surface area contributed by atoms with E-state index in [-0.39, 0.29) is 68.4 Å². The fourth-order valence-electron chi connectivity index (χ4n) is 10.4. The van der Waals surface area contributed by atoms with Crippen LogP contribution in [-0.2, 0) is 36.9 Å². The molecule has 2 aromatic heterocycles. The molecule has 0 bridgehead atoms. The number of thiazole rings is 1. The summed E-state index contributed by atoms with van der Waals surface area (Å²) in [4.78, 5) is 79.5. The number of H-pyrrole nitrogens is 1. The maximum atomic E-state index is 14.2. The largest absolute Gasteiger partial charge is 0.391 e. The second-order valence-corrected chi connectivity index (χ2v) is 22.5. The number of aliphatic hydroxyl groups is 1. The molecule has 3 saturated heterocycles. The molecular weight excluding hydrogens is 1020 g/mol. The predicted molar refractivity (Wildman–Crippen MR) is 296 cm³/mol. The molecule has 3 aliphatic rings. The standard InChI is InChI=1S/C58H68F2N10O7S/c1-35-52(78-34-62-35)39-12-9-36(10-13-39)32-61-56(75)49-31-44(71)33-70(49)57(76)53(58(2,3)4)64-50(72)7-5-6-8-51(73)69-21-19-68(20-22-69)43-14-15-45(48(30-43)63-42-17-23-77-24-18-42)55(74)65-54-46-28-37(11-16-47(46)66-67-54)25-38-26-40(59)29-41(60)27-38/h9-16,26-30,34,42,44,49,53,63,71H,5-8,17-25,31-33H2,1-4H3,(H,61,75)(H,64,72)(H2,65,66,67,74)/t44?,49?,53-/m1/s1. The van der Waals surface area contributed by atoms with Gasteiger partial charge in [-0.05, 0) is 109 Å². The van der Waals surface area contributed by atoms with E-state index in [0.29, 0.717) is 85.8 Å². The average molecular weight is 1090 g/mol. The topological polar surface area (TPSA) is 214 Å². The Bertz CT molecular complexity index is 3110. The number of anilines is 3. The molecule has 5 heterocycles. The van der Waals surface area contributed by atoms with E-state index in [1.54, 1.807) is 17.4 Å². The van der Waals surface area contributed by atoms with Gasteiger partial charge in [-0.1, -0.05) is 51.1 Å². The molecule has 3 fully saturated rings. The van der Waals surface area contributed by atoms with Gasteiger partial charge in [0.15, 0.2) is 5.82 Å². The highest BCUT2D eigenvalue weighted by atomic mass is 32.1. The fourth-order valence-corrected chi connectivity index (χ4v) is 11.3. The average Bonchev–Trinajstić information content (AvgIpc) is 4.23. The van der Waals surface area contributed by atoms with E-state index >= 15 is 0 Å². The number of aryl methyl sites for hydroxylation is 1. The number of β-amino-alcohol motifs (C(OH)–C–C–N with tert-alkyl or cyclic N) is 1. The molecule has 17 nitrogen and oxygen atoms in total. The summed E-state index contributed by atoms with van der Waals surface area (Å²) in [5.74, 6) is -2.50. The van der Waals surface area contributed by atoms with Crippen LogP contribution in [0.15, 0.2) is 84.4 Å². The summed E-state index contributed by atoms with van der Waals surface area (Å²) >= 11 is 1.57. The highest BCUT2D eigenvalue weighted by Crippen LogP contribution is 2.32. The number of fused-ring (bicyclic) bond motifs is 1. The zero-order chi connectivity index (χ0) is 55.1. The van der Waals surface area contributed by atoms with Gasteiger partial charge in [0.25, 0.3) is 5.91 Å². The van der Waals surface area contributed by atoms with Crippen LogP contribution in [0.2, 0.25) is 0 Å². The number of nitrogens with zero attached hydrogens (tertiary/aromatic N) is 5. The highest BCUT2D eigenvalue weighted by molar-refractivity contribution is 7.13. The molecule has 0 aliphatic carbocycles. The van der Waals surface area contributed by atoms with Gasteiger partial charge >= 0.3 is 0 Å². The molecule has 0 saturated carbocycles. The van der Waals surface area contributed by atoms with Crippen molar-refractivity contribution in [1.29, 1.82) is 0 Å². The van der Waals surface area contributed by atoms with Crippen molar-refractivity contribution in [2.75, 3.05) is 61.5 Å². The van der Waals surface area contributed by atoms with Crippen LogP contribution in [0.4, 0.5) is 26.0 Å². The number of benzene rings is 4. The second kappa shape index (κ2) is 24.6. The van der Waals surface area contributed by atoms with Crippen molar-refractivity contribution in [2.45, 2.75) is 110 Å². The van der Waals surface area contributed by atoms with E-state index in [1.807, 2.05) is 92.7 Å². The second-order valence-electron chi connectivity index (χ2n) is 21.6. The summed E-state index contributed by atoms with van der Waals surface area (Å²) in [7, 11) is 0. The smallest absolute Gasteiger partial charge is 0.258 e. The lowest BCUT2D eigenvalue weighted by Gasteiger charge is -2.36. The Hall–Kier alpha value is -7.29. The Labute approximate surface area is 456 Å². The van der Waals surface area contributed by atoms with Crippen LogP contribution in [0.5, 0.6) is 0 Å². The van der Waals surface area contributed by atoms with Gasteiger partial charge in [0, 0.05) is 101 Å². The molecule has 6 aromatic rings. The van der Waals surface area contributed by atoms with Crippen molar-refractivity contribution in [2.24, 2.45) is 5.41 Å². The Morgan fingerprint density at radius 3 is 2.29 bits per heavy atom. The molecule has 5 amide bonds. The molecule has 0 spiro atoms. The van der Waals surface area contributed by atoms with Gasteiger partial charge in [-0.25, -0.2) is 13.8 Å². The minimum absolute atomic E-state index is 0.00694. The minimum Gasteiger partial charge on any atom is -0.391 e. The van der Waals surface area contributed by atoms with E-state index < -0.39 is 41.1 Å². The molecule has 3 atom stereocenters. The number of carbonyl (C=O) groups excluding carboxylic acids is 5. The number of unbranched alkanes of at least 4 members (excludes halogenated alkanes) is 1. The number of piperazine rings is 1. The molecule has 412 valence electrons. The summed E-state index contributed by atoms with van der Waals surface area (Å²) in [5.41, 5.74) is 7.91. The van der Waals surface area contributed by atoms with Crippen LogP contribution in [-0.4, -0.2) is 130 Å². The zero-order valence-electron chi connectivity index (χ0n) is 44.5. The number of hydrogen-bond acceptors (Lipinski definition) is 12. The van der Waals surface area contributed by atoms with Crippen LogP contribution >= 0.6 is 11.3 Å². The molecular formula is C58H68F2N10O7S. The Morgan fingerprint density at radius 1 is 0.872 bits per heavy atom. The molecule has 6 N–H and O–H groups in total. The Morgan fingerprint density at radius 2 is 1.59 bits per heavy atom. The monoisotopic (exact) mass is 1090 g/mol. The van der Waals surface area contributed by atoms with Crippen molar-refractivity contribution in [1.82, 2.24) is 35.6 Å². The van der Waals surface area contributed by atoms with Crippen LogP contribution in [0.25, 0.3) is 21.3 Å². The number of rotatable bonds is 18. The molecule has 0 radical (unpaired) electrons. The Balaban J connectivity index is 0.750. The van der Waals surface area contributed by atoms with Crippen molar-refractivity contribution in [3.63, 3.8) is 0 Å². The number of aromatic nitrogens is 3. The molecule has 20 heteroatoms. The molecule has 2 unspecified atom stereocenters. The van der Waals surface area contributed by atoms with Gasteiger partial charge in [-0.3, -0.25) is 29.1 Å². The highest BCUT2D eigenvalue weighted by Gasteiger charge is 2.44. The van der Waals surface area contributed by atoms with Gasteiger partial charge in [0.1, 0.15) is 23.7 Å². The number of amides is 5. The first-order valence-corrected chi connectivity index (χ1v) is 27.6. The van der Waals surface area contributed by atoms with Crippen LogP contribution in [0.1, 0.15) is 98.5 Å². The van der Waals surface area contributed by atoms with E-state index in [9.17, 15) is 37.9 Å². The zero-order valence-corrected chi connectivity index (χ0v) is 45.3. The van der Waals surface area contributed by atoms with Crippen molar-refractivity contribution >= 4 is 69.0 Å². The van der Waals surface area contributed by atoms with E-state index in [4.69, 9.17) is 4.74 Å². The number of carbonyl (C=O) groups is 5. The summed E-state index contributed by atoms with van der Waals surface area (Å²) < 4.78 is 33.5. The first-order chi connectivity index (χ1) is 37.4. The van der Waals surface area contributed by atoms with Crippen molar-refractivity contribution < 1.29 is 42.6 Å². The van der Waals surface area contributed by atoms with Crippen molar-refractivity contribution in [3.05, 3.63) is 124 Å². The van der Waals surface area contributed by atoms with Gasteiger partial charge in [-0.15, -0.1) is 11.3 Å². The normalized spacial score (nSPS) is 17.5. The number of likely N-dealkylation sites (tertiary alicyclic amines) is 1. The molecule has 4 aromatic carbocycles. The summed E-state index contributed by atoms with van der Waals surface area (Å²) in [6, 6.07) is 20.7. The first kappa shape index (κ1) is 55.5. The molecule has 78 heavy (non-hydrogen) atoms. The van der Waals surface area contributed by atoms with E-state index in [0.717, 1.165) is 51.9 Å². The van der Waals surface area contributed by atoms with E-state index in [2.05, 4.69) is 41.3 Å². The van der Waals surface area contributed by atoms with Gasteiger partial charge < -0.3 is 45.8 Å². The quantitative estimate of drug-likeness (QED) is 0.0459. The fraction of sp³-hybridized carbons (Fsp3) is 0.431. The van der Waals surface area contributed by atoms with Crippen LogP contribution in [0, 0.1) is 24.0 Å². The number of nitrogens with one attached hydrogen (secondary N) is 5. The summed E-state index contributed by atoms with van der Waals surface area (Å²) in [5, 5.41) is 31.1. The third-order valence-corrected chi connectivity index (χ3v) is 15.7. The Kier molecular flexibility index (Phi) is 17.5. The molecule has 3 aliphatic heterocycles. The number of halogens is 2. The van der Waals surface area contributed by atoms with Crippen LogP contribution in [0.3, 0.4) is 0 Å². The third-order valence-electron chi connectivity index (χ3n) is 14.8. The van der Waals surface area contributed by atoms with Gasteiger partial charge in [0.2, 0.25) is 23.6 Å². The third kappa shape index (κ3) is 13.7.